The molecule has 0 amide bonds. The van der Waals surface area contributed by atoms with E-state index in [1.807, 2.05) is 11.5 Å². The number of benzene rings is 1. The first-order chi connectivity index (χ1) is 8.41. The summed E-state index contributed by atoms with van der Waals surface area (Å²) in [7, 11) is 0. The van der Waals surface area contributed by atoms with Crippen LogP contribution < -0.4 is 0 Å². The number of hydrogen-bond acceptors (Lipinski definition) is 1. The summed E-state index contributed by atoms with van der Waals surface area (Å²) < 4.78 is 14.9. The van der Waals surface area contributed by atoms with Gasteiger partial charge in [-0.25, -0.2) is 9.18 Å². The third kappa shape index (κ3) is 1.90. The Morgan fingerprint density at radius 1 is 1.22 bits per heavy atom. The smallest absolute Gasteiger partial charge is 0.337 e. The van der Waals surface area contributed by atoms with Crippen LogP contribution in [-0.4, -0.2) is 15.6 Å². The van der Waals surface area contributed by atoms with Crippen molar-refractivity contribution < 1.29 is 14.3 Å². The molecule has 0 bridgehead atoms. The van der Waals surface area contributed by atoms with Crippen molar-refractivity contribution in [2.24, 2.45) is 0 Å². The SMILES string of the molecule is Cc1cc(F)ccc1-n1c(C)cc(C(=O)O)c1C. The van der Waals surface area contributed by atoms with Gasteiger partial charge in [0.15, 0.2) is 0 Å². The highest BCUT2D eigenvalue weighted by atomic mass is 19.1. The summed E-state index contributed by atoms with van der Waals surface area (Å²) in [4.78, 5) is 11.1. The van der Waals surface area contributed by atoms with E-state index in [0.717, 1.165) is 16.9 Å². The number of carboxylic acid groups (broad SMARTS) is 1. The molecule has 1 aromatic heterocycles. The Labute approximate surface area is 104 Å². The van der Waals surface area contributed by atoms with Gasteiger partial charge < -0.3 is 9.67 Å². The number of aromatic carboxylic acids is 1. The Bertz CT molecular complexity index is 629. The molecule has 1 aromatic carbocycles. The fraction of sp³-hybridized carbons (Fsp3) is 0.214. The van der Waals surface area contributed by atoms with Crippen molar-refractivity contribution in [1.29, 1.82) is 0 Å². The van der Waals surface area contributed by atoms with Crippen LogP contribution in [0, 0.1) is 26.6 Å². The lowest BCUT2D eigenvalue weighted by Crippen LogP contribution is -2.04. The number of halogens is 1. The molecule has 0 aliphatic rings. The first-order valence-corrected chi connectivity index (χ1v) is 5.60. The predicted octanol–water partition coefficient (Wildman–Crippen LogP) is 3.24. The molecule has 0 aliphatic heterocycles. The number of carboxylic acids is 1. The maximum absolute atomic E-state index is 13.1. The van der Waals surface area contributed by atoms with Crippen LogP contribution in [0.2, 0.25) is 0 Å². The van der Waals surface area contributed by atoms with Gasteiger partial charge in [-0.05, 0) is 50.6 Å². The largest absolute Gasteiger partial charge is 0.478 e. The standard InChI is InChI=1S/C14H14FNO2/c1-8-6-11(15)4-5-13(8)16-9(2)7-12(10(16)3)14(17)18/h4-7H,1-3H3,(H,17,18). The van der Waals surface area contributed by atoms with E-state index in [-0.39, 0.29) is 11.4 Å². The number of hydrogen-bond donors (Lipinski definition) is 1. The van der Waals surface area contributed by atoms with E-state index in [4.69, 9.17) is 5.11 Å². The maximum atomic E-state index is 13.1. The third-order valence-corrected chi connectivity index (χ3v) is 3.06. The molecule has 0 aliphatic carbocycles. The van der Waals surface area contributed by atoms with Gasteiger partial charge in [0.05, 0.1) is 5.56 Å². The van der Waals surface area contributed by atoms with E-state index in [1.165, 1.54) is 12.1 Å². The van der Waals surface area contributed by atoms with Gasteiger partial charge in [0.2, 0.25) is 0 Å². The topological polar surface area (TPSA) is 42.2 Å². The summed E-state index contributed by atoms with van der Waals surface area (Å²) in [6.07, 6.45) is 0. The van der Waals surface area contributed by atoms with Crippen LogP contribution in [0.25, 0.3) is 5.69 Å². The zero-order valence-electron chi connectivity index (χ0n) is 10.5. The van der Waals surface area contributed by atoms with Crippen molar-refractivity contribution in [3.63, 3.8) is 0 Å². The summed E-state index contributed by atoms with van der Waals surface area (Å²) in [6, 6.07) is 6.10. The van der Waals surface area contributed by atoms with E-state index < -0.39 is 5.97 Å². The van der Waals surface area contributed by atoms with E-state index in [1.54, 1.807) is 26.0 Å². The van der Waals surface area contributed by atoms with E-state index >= 15 is 0 Å². The van der Waals surface area contributed by atoms with E-state index in [9.17, 15) is 9.18 Å². The van der Waals surface area contributed by atoms with Gasteiger partial charge in [0.25, 0.3) is 0 Å². The quantitative estimate of drug-likeness (QED) is 0.885. The maximum Gasteiger partial charge on any atom is 0.337 e. The molecular formula is C14H14FNO2. The van der Waals surface area contributed by atoms with Gasteiger partial charge in [-0.15, -0.1) is 0 Å². The molecule has 0 fully saturated rings. The molecule has 1 N–H and O–H groups in total. The molecule has 0 saturated heterocycles. The van der Waals surface area contributed by atoms with Gasteiger partial charge in [0.1, 0.15) is 5.82 Å². The number of nitrogens with zero attached hydrogens (tertiary/aromatic N) is 1. The lowest BCUT2D eigenvalue weighted by atomic mass is 10.2. The molecule has 1 heterocycles. The average Bonchev–Trinajstić information content (AvgIpc) is 2.56. The van der Waals surface area contributed by atoms with Crippen LogP contribution in [0.3, 0.4) is 0 Å². The molecule has 0 saturated carbocycles. The molecule has 94 valence electrons. The van der Waals surface area contributed by atoms with Gasteiger partial charge >= 0.3 is 5.97 Å². The highest BCUT2D eigenvalue weighted by molar-refractivity contribution is 5.89. The molecule has 0 unspecified atom stereocenters. The summed E-state index contributed by atoms with van der Waals surface area (Å²) >= 11 is 0. The highest BCUT2D eigenvalue weighted by Gasteiger charge is 2.16. The van der Waals surface area contributed by atoms with Gasteiger partial charge in [0, 0.05) is 17.1 Å². The van der Waals surface area contributed by atoms with Crippen LogP contribution >= 0.6 is 0 Å². The molecule has 0 atom stereocenters. The molecule has 3 nitrogen and oxygen atoms in total. The third-order valence-electron chi connectivity index (χ3n) is 3.06. The Balaban J connectivity index is 2.68. The minimum absolute atomic E-state index is 0.274. The van der Waals surface area contributed by atoms with Crippen molar-refractivity contribution in [3.8, 4) is 5.69 Å². The molecule has 2 rings (SSSR count). The van der Waals surface area contributed by atoms with Crippen molar-refractivity contribution in [2.75, 3.05) is 0 Å². The van der Waals surface area contributed by atoms with Gasteiger partial charge in [-0.2, -0.15) is 0 Å². The van der Waals surface area contributed by atoms with Crippen molar-refractivity contribution in [3.05, 3.63) is 52.6 Å². The Hall–Kier alpha value is -2.10. The van der Waals surface area contributed by atoms with Crippen LogP contribution in [0.4, 0.5) is 4.39 Å². The first kappa shape index (κ1) is 12.4. The molecule has 18 heavy (non-hydrogen) atoms. The van der Waals surface area contributed by atoms with Crippen molar-refractivity contribution in [1.82, 2.24) is 4.57 Å². The lowest BCUT2D eigenvalue weighted by molar-refractivity contribution is 0.0696. The van der Waals surface area contributed by atoms with Gasteiger partial charge in [-0.1, -0.05) is 0 Å². The molecule has 0 spiro atoms. The predicted molar refractivity (Wildman–Crippen MR) is 66.9 cm³/mol. The summed E-state index contributed by atoms with van der Waals surface area (Å²) in [5, 5.41) is 9.09. The second-order valence-corrected chi connectivity index (χ2v) is 4.36. The zero-order chi connectivity index (χ0) is 13.4. The fourth-order valence-electron chi connectivity index (χ4n) is 2.22. The highest BCUT2D eigenvalue weighted by Crippen LogP contribution is 2.23. The summed E-state index contributed by atoms with van der Waals surface area (Å²) in [5.41, 5.74) is 3.32. The minimum Gasteiger partial charge on any atom is -0.478 e. The number of carbonyl (C=O) groups is 1. The zero-order valence-corrected chi connectivity index (χ0v) is 10.5. The van der Waals surface area contributed by atoms with Crippen LogP contribution in [-0.2, 0) is 0 Å². The molecular weight excluding hydrogens is 233 g/mol. The van der Waals surface area contributed by atoms with Crippen molar-refractivity contribution in [2.45, 2.75) is 20.8 Å². The minimum atomic E-state index is -0.950. The van der Waals surface area contributed by atoms with Crippen LogP contribution in [0.1, 0.15) is 27.3 Å². The Morgan fingerprint density at radius 2 is 1.89 bits per heavy atom. The summed E-state index contributed by atoms with van der Waals surface area (Å²) in [5.74, 6) is -1.24. The lowest BCUT2D eigenvalue weighted by Gasteiger charge is -2.12. The van der Waals surface area contributed by atoms with E-state index in [0.29, 0.717) is 5.69 Å². The molecule has 4 heteroatoms. The monoisotopic (exact) mass is 247 g/mol. The van der Waals surface area contributed by atoms with Crippen LogP contribution in [0.5, 0.6) is 0 Å². The van der Waals surface area contributed by atoms with Gasteiger partial charge in [-0.3, -0.25) is 0 Å². The first-order valence-electron chi connectivity index (χ1n) is 5.60. The summed E-state index contributed by atoms with van der Waals surface area (Å²) in [6.45, 7) is 5.39. The number of aryl methyl sites for hydroxylation is 2. The molecule has 2 aromatic rings. The average molecular weight is 247 g/mol. The second-order valence-electron chi connectivity index (χ2n) is 4.36. The fourth-order valence-corrected chi connectivity index (χ4v) is 2.22. The number of aromatic nitrogens is 1. The van der Waals surface area contributed by atoms with Crippen molar-refractivity contribution >= 4 is 5.97 Å². The Morgan fingerprint density at radius 3 is 2.39 bits per heavy atom. The normalized spacial score (nSPS) is 10.7. The number of rotatable bonds is 2. The second kappa shape index (κ2) is 4.29. The molecule has 0 radical (unpaired) electrons. The van der Waals surface area contributed by atoms with E-state index in [2.05, 4.69) is 0 Å². The van der Waals surface area contributed by atoms with Crippen LogP contribution in [0.15, 0.2) is 24.3 Å². The Kier molecular flexibility index (Phi) is 2.95.